The Kier molecular flexibility index (Phi) is 5.72. The van der Waals surface area contributed by atoms with Gasteiger partial charge in [-0.05, 0) is 40.8 Å². The predicted octanol–water partition coefficient (Wildman–Crippen LogP) is 7.47. The predicted molar refractivity (Wildman–Crippen MR) is 122 cm³/mol. The van der Waals surface area contributed by atoms with E-state index in [-0.39, 0.29) is 5.04 Å². The fourth-order valence-electron chi connectivity index (χ4n) is 3.60. The van der Waals surface area contributed by atoms with Crippen molar-refractivity contribution in [1.82, 2.24) is 0 Å². The minimum absolute atomic E-state index is 0.0486. The molecule has 3 rings (SSSR count). The maximum Gasteiger partial charge on any atom is 0.131 e. The number of hydrogen-bond donors (Lipinski definition) is 0. The van der Waals surface area contributed by atoms with Crippen LogP contribution in [0.2, 0.25) is 23.2 Å². The van der Waals surface area contributed by atoms with E-state index in [0.717, 1.165) is 15.1 Å². The van der Waals surface area contributed by atoms with Crippen LogP contribution in [0, 0.1) is 0 Å². The van der Waals surface area contributed by atoms with E-state index in [0.29, 0.717) is 0 Å². The first-order chi connectivity index (χ1) is 12.2. The van der Waals surface area contributed by atoms with Crippen LogP contribution in [0.15, 0.2) is 53.0 Å². The lowest BCUT2D eigenvalue weighted by molar-refractivity contribution is -0.00853. The standard InChI is InChI=1S/C21H24BrClOSSi/c1-20(2,26(4)5)21(24-3,16-13-15(22)10-11-17(16)23)19-12-14-8-6-7-9-18(14)25-19/h6-13,26H,1-5H3. The molecule has 2 aromatic carbocycles. The smallest absolute Gasteiger partial charge is 0.131 e. The van der Waals surface area contributed by atoms with Gasteiger partial charge in [0.15, 0.2) is 0 Å². The Labute approximate surface area is 175 Å². The van der Waals surface area contributed by atoms with Crippen molar-refractivity contribution < 1.29 is 4.74 Å². The minimum Gasteiger partial charge on any atom is -0.368 e. The van der Waals surface area contributed by atoms with Gasteiger partial charge in [-0.2, -0.15) is 0 Å². The van der Waals surface area contributed by atoms with Crippen LogP contribution < -0.4 is 0 Å². The van der Waals surface area contributed by atoms with Crippen LogP contribution in [0.5, 0.6) is 0 Å². The number of thiophene rings is 1. The molecule has 138 valence electrons. The van der Waals surface area contributed by atoms with Crippen molar-refractivity contribution in [2.75, 3.05) is 7.11 Å². The highest BCUT2D eigenvalue weighted by molar-refractivity contribution is 9.10. The van der Waals surface area contributed by atoms with Gasteiger partial charge in [0.2, 0.25) is 0 Å². The second-order valence-electron chi connectivity index (χ2n) is 7.53. The Morgan fingerprint density at radius 3 is 2.38 bits per heavy atom. The van der Waals surface area contributed by atoms with Gasteiger partial charge in [-0.3, -0.25) is 0 Å². The number of halogens is 2. The lowest BCUT2D eigenvalue weighted by Crippen LogP contribution is -2.46. The van der Waals surface area contributed by atoms with Gasteiger partial charge < -0.3 is 4.74 Å². The number of methoxy groups -OCH3 is 1. The van der Waals surface area contributed by atoms with Gasteiger partial charge in [0.25, 0.3) is 0 Å². The average molecular weight is 468 g/mol. The number of hydrogen-bond acceptors (Lipinski definition) is 2. The van der Waals surface area contributed by atoms with Crippen LogP contribution in [0.1, 0.15) is 24.3 Å². The largest absolute Gasteiger partial charge is 0.368 e. The molecule has 0 aliphatic rings. The Morgan fingerprint density at radius 2 is 1.77 bits per heavy atom. The Morgan fingerprint density at radius 1 is 1.08 bits per heavy atom. The lowest BCUT2D eigenvalue weighted by atomic mass is 9.80. The van der Waals surface area contributed by atoms with Gasteiger partial charge >= 0.3 is 0 Å². The fourth-order valence-corrected chi connectivity index (χ4v) is 6.97. The van der Waals surface area contributed by atoms with E-state index in [9.17, 15) is 0 Å². The zero-order chi connectivity index (χ0) is 19.1. The monoisotopic (exact) mass is 466 g/mol. The molecule has 0 radical (unpaired) electrons. The van der Waals surface area contributed by atoms with Crippen molar-refractivity contribution in [3.63, 3.8) is 0 Å². The first-order valence-corrected chi connectivity index (χ1v) is 13.6. The zero-order valence-electron chi connectivity index (χ0n) is 15.8. The van der Waals surface area contributed by atoms with Crippen molar-refractivity contribution in [3.8, 4) is 0 Å². The molecule has 0 amide bonds. The van der Waals surface area contributed by atoms with Crippen LogP contribution in [-0.4, -0.2) is 15.9 Å². The van der Waals surface area contributed by atoms with Gasteiger partial charge in [-0.25, -0.2) is 0 Å². The molecule has 1 nitrogen and oxygen atoms in total. The van der Waals surface area contributed by atoms with Gasteiger partial charge in [0, 0.05) is 40.5 Å². The van der Waals surface area contributed by atoms with Gasteiger partial charge in [0.05, 0.1) is 0 Å². The van der Waals surface area contributed by atoms with Crippen LogP contribution in [0.25, 0.3) is 10.1 Å². The number of ether oxygens (including phenoxy) is 1. The van der Waals surface area contributed by atoms with Crippen molar-refractivity contribution in [2.24, 2.45) is 0 Å². The number of benzene rings is 2. The maximum atomic E-state index is 6.74. The molecule has 0 saturated heterocycles. The summed E-state index contributed by atoms with van der Waals surface area (Å²) in [5.74, 6) is 0. The summed E-state index contributed by atoms with van der Waals surface area (Å²) in [6, 6.07) is 16.8. The van der Waals surface area contributed by atoms with Crippen molar-refractivity contribution in [3.05, 3.63) is 68.5 Å². The molecule has 0 spiro atoms. The molecule has 0 saturated carbocycles. The van der Waals surface area contributed by atoms with E-state index >= 15 is 0 Å². The molecule has 26 heavy (non-hydrogen) atoms. The Hall–Kier alpha value is -0.653. The summed E-state index contributed by atoms with van der Waals surface area (Å²) in [5, 5.41) is 1.95. The minimum atomic E-state index is -1.14. The molecular weight excluding hydrogens is 444 g/mol. The highest BCUT2D eigenvalue weighted by Gasteiger charge is 2.52. The van der Waals surface area contributed by atoms with Crippen molar-refractivity contribution >= 4 is 57.8 Å². The molecule has 0 aliphatic carbocycles. The summed E-state index contributed by atoms with van der Waals surface area (Å²) < 4.78 is 8.73. The van der Waals surface area contributed by atoms with Gasteiger partial charge in [-0.1, -0.05) is 72.7 Å². The van der Waals surface area contributed by atoms with Crippen LogP contribution in [0.3, 0.4) is 0 Å². The SMILES string of the molecule is COC(c1cc2ccccc2s1)(c1cc(Br)ccc1Cl)C(C)(C)[SiH](C)C. The highest BCUT2D eigenvalue weighted by Crippen LogP contribution is 2.58. The fraction of sp³-hybridized carbons (Fsp3) is 0.333. The molecule has 1 aromatic heterocycles. The quantitative estimate of drug-likeness (QED) is 0.353. The van der Waals surface area contributed by atoms with E-state index in [1.54, 1.807) is 11.3 Å². The van der Waals surface area contributed by atoms with E-state index in [1.807, 2.05) is 19.2 Å². The third kappa shape index (κ3) is 3.10. The summed E-state index contributed by atoms with van der Waals surface area (Å²) in [4.78, 5) is 1.22. The van der Waals surface area contributed by atoms with Gasteiger partial charge in [-0.15, -0.1) is 11.3 Å². The highest BCUT2D eigenvalue weighted by atomic mass is 79.9. The second kappa shape index (κ2) is 7.40. The molecule has 5 heteroatoms. The summed E-state index contributed by atoms with van der Waals surface area (Å²) in [5.41, 5.74) is 0.451. The molecule has 0 fully saturated rings. The zero-order valence-corrected chi connectivity index (χ0v) is 20.1. The number of fused-ring (bicyclic) bond motifs is 1. The van der Waals surface area contributed by atoms with Crippen LogP contribution in [0.4, 0.5) is 0 Å². The lowest BCUT2D eigenvalue weighted by Gasteiger charge is -2.48. The summed E-state index contributed by atoms with van der Waals surface area (Å²) >= 11 is 12.2. The third-order valence-electron chi connectivity index (χ3n) is 5.74. The van der Waals surface area contributed by atoms with Crippen LogP contribution in [-0.2, 0) is 10.3 Å². The summed E-state index contributed by atoms with van der Waals surface area (Å²) in [7, 11) is 0.685. The van der Waals surface area contributed by atoms with Crippen LogP contribution >= 0.6 is 38.9 Å². The first-order valence-electron chi connectivity index (χ1n) is 8.73. The van der Waals surface area contributed by atoms with E-state index < -0.39 is 14.4 Å². The van der Waals surface area contributed by atoms with Crippen molar-refractivity contribution in [1.29, 1.82) is 0 Å². The average Bonchev–Trinajstić information content (AvgIpc) is 3.02. The van der Waals surface area contributed by atoms with Crippen molar-refractivity contribution in [2.45, 2.75) is 37.6 Å². The normalized spacial score (nSPS) is 14.8. The molecular formula is C21H24BrClOSSi. The molecule has 1 atom stereocenters. The Balaban J connectivity index is 2.40. The molecule has 0 bridgehead atoms. The summed E-state index contributed by atoms with van der Waals surface area (Å²) in [6.07, 6.45) is 0. The molecule has 1 unspecified atom stereocenters. The molecule has 0 N–H and O–H groups in total. The van der Waals surface area contributed by atoms with Gasteiger partial charge in [0.1, 0.15) is 5.60 Å². The second-order valence-corrected chi connectivity index (χ2v) is 13.7. The summed E-state index contributed by atoms with van der Waals surface area (Å²) in [6.45, 7) is 9.42. The molecule has 0 aliphatic heterocycles. The molecule has 3 aromatic rings. The number of rotatable bonds is 5. The Bertz CT molecular complexity index is 904. The topological polar surface area (TPSA) is 9.23 Å². The third-order valence-corrected chi connectivity index (χ3v) is 11.1. The van der Waals surface area contributed by atoms with E-state index in [2.05, 4.69) is 79.3 Å². The van der Waals surface area contributed by atoms with E-state index in [4.69, 9.17) is 16.3 Å². The first kappa shape index (κ1) is 20.1. The molecule has 1 heterocycles. The van der Waals surface area contributed by atoms with E-state index in [1.165, 1.54) is 15.0 Å². The maximum absolute atomic E-state index is 6.74.